The van der Waals surface area contributed by atoms with Gasteiger partial charge in [-0.3, -0.25) is 0 Å². The Morgan fingerprint density at radius 2 is 2.27 bits per heavy atom. The minimum atomic E-state index is -1.02. The molecule has 1 aromatic heterocycles. The predicted molar refractivity (Wildman–Crippen MR) is 53.0 cm³/mol. The van der Waals surface area contributed by atoms with Gasteiger partial charge in [0.1, 0.15) is 0 Å². The summed E-state index contributed by atoms with van der Waals surface area (Å²) in [5.41, 5.74) is 0.863. The van der Waals surface area contributed by atoms with E-state index in [4.69, 9.17) is 9.84 Å². The fourth-order valence-corrected chi connectivity index (χ4v) is 1.83. The number of hydrogen-bond acceptors (Lipinski definition) is 3. The largest absolute Gasteiger partial charge is 0.475 e. The van der Waals surface area contributed by atoms with Crippen LogP contribution in [0.15, 0.2) is 6.20 Å². The van der Waals surface area contributed by atoms with Crippen molar-refractivity contribution in [2.24, 2.45) is 0 Å². The number of rotatable bonds is 2. The van der Waals surface area contributed by atoms with E-state index in [1.807, 2.05) is 0 Å². The van der Waals surface area contributed by atoms with Gasteiger partial charge in [-0.05, 0) is 12.8 Å². The molecule has 0 atom stereocenters. The molecule has 1 fully saturated rings. The first-order chi connectivity index (χ1) is 7.12. The monoisotopic (exact) mass is 210 g/mol. The summed E-state index contributed by atoms with van der Waals surface area (Å²) in [6.45, 7) is 3.55. The van der Waals surface area contributed by atoms with E-state index in [1.54, 1.807) is 6.20 Å². The van der Waals surface area contributed by atoms with Crippen molar-refractivity contribution in [2.45, 2.75) is 25.2 Å². The van der Waals surface area contributed by atoms with Crippen molar-refractivity contribution in [2.75, 3.05) is 13.2 Å². The second-order valence-corrected chi connectivity index (χ2v) is 4.12. The van der Waals surface area contributed by atoms with Crippen molar-refractivity contribution >= 4 is 5.97 Å². The lowest BCUT2D eigenvalue weighted by Crippen LogP contribution is -2.31. The SMILES string of the molecule is CC1(c2cnc(C(=O)O)[nH]2)CCOCC1. The fourth-order valence-electron chi connectivity index (χ4n) is 1.83. The van der Waals surface area contributed by atoms with Gasteiger partial charge in [0.15, 0.2) is 0 Å². The van der Waals surface area contributed by atoms with Gasteiger partial charge < -0.3 is 14.8 Å². The molecule has 1 aromatic rings. The van der Waals surface area contributed by atoms with E-state index in [9.17, 15) is 4.79 Å². The van der Waals surface area contributed by atoms with Gasteiger partial charge >= 0.3 is 5.97 Å². The Balaban J connectivity index is 2.23. The average Bonchev–Trinajstić information content (AvgIpc) is 2.68. The first-order valence-electron chi connectivity index (χ1n) is 4.98. The minimum absolute atomic E-state index is 0.0118. The van der Waals surface area contributed by atoms with Crippen LogP contribution in [0.3, 0.4) is 0 Å². The third-order valence-electron chi connectivity index (χ3n) is 3.02. The third-order valence-corrected chi connectivity index (χ3v) is 3.02. The van der Waals surface area contributed by atoms with Crippen molar-refractivity contribution in [1.29, 1.82) is 0 Å². The number of carboxylic acid groups (broad SMARTS) is 1. The molecule has 2 rings (SSSR count). The number of aromatic amines is 1. The number of ether oxygens (including phenoxy) is 1. The number of carboxylic acids is 1. The summed E-state index contributed by atoms with van der Waals surface area (Å²) in [4.78, 5) is 17.4. The Morgan fingerprint density at radius 3 is 2.80 bits per heavy atom. The van der Waals surface area contributed by atoms with Crippen LogP contribution in [0.25, 0.3) is 0 Å². The van der Waals surface area contributed by atoms with Gasteiger partial charge in [-0.25, -0.2) is 9.78 Å². The molecule has 5 nitrogen and oxygen atoms in total. The lowest BCUT2D eigenvalue weighted by molar-refractivity contribution is 0.0550. The van der Waals surface area contributed by atoms with E-state index in [-0.39, 0.29) is 11.2 Å². The highest BCUT2D eigenvalue weighted by molar-refractivity contribution is 5.83. The Bertz CT molecular complexity index is 366. The average molecular weight is 210 g/mol. The molecule has 1 aliphatic heterocycles. The molecule has 15 heavy (non-hydrogen) atoms. The van der Waals surface area contributed by atoms with Crippen LogP contribution in [-0.4, -0.2) is 34.3 Å². The van der Waals surface area contributed by atoms with Gasteiger partial charge in [0.05, 0.1) is 0 Å². The van der Waals surface area contributed by atoms with E-state index in [0.717, 1.165) is 31.7 Å². The van der Waals surface area contributed by atoms with Crippen LogP contribution in [0.2, 0.25) is 0 Å². The van der Waals surface area contributed by atoms with Gasteiger partial charge in [-0.1, -0.05) is 6.92 Å². The second kappa shape index (κ2) is 3.66. The number of aromatic nitrogens is 2. The van der Waals surface area contributed by atoms with Crippen molar-refractivity contribution in [3.8, 4) is 0 Å². The molecular weight excluding hydrogens is 196 g/mol. The molecule has 0 saturated carbocycles. The van der Waals surface area contributed by atoms with Gasteiger partial charge in [0.2, 0.25) is 5.82 Å². The lowest BCUT2D eigenvalue weighted by Gasteiger charge is -2.32. The molecule has 0 aliphatic carbocycles. The molecule has 82 valence electrons. The molecule has 0 unspecified atom stereocenters. The summed E-state index contributed by atoms with van der Waals surface area (Å²) >= 11 is 0. The van der Waals surface area contributed by atoms with Gasteiger partial charge in [0.25, 0.3) is 0 Å². The smallest absolute Gasteiger partial charge is 0.371 e. The maximum Gasteiger partial charge on any atom is 0.371 e. The van der Waals surface area contributed by atoms with E-state index in [2.05, 4.69) is 16.9 Å². The van der Waals surface area contributed by atoms with Crippen LogP contribution in [0.5, 0.6) is 0 Å². The topological polar surface area (TPSA) is 75.2 Å². The zero-order valence-corrected chi connectivity index (χ0v) is 8.62. The summed E-state index contributed by atoms with van der Waals surface area (Å²) in [6.07, 6.45) is 3.41. The summed E-state index contributed by atoms with van der Waals surface area (Å²) < 4.78 is 5.29. The highest BCUT2D eigenvalue weighted by atomic mass is 16.5. The summed E-state index contributed by atoms with van der Waals surface area (Å²) in [7, 11) is 0. The Kier molecular flexibility index (Phi) is 2.48. The summed E-state index contributed by atoms with van der Waals surface area (Å²) in [6, 6.07) is 0. The highest BCUT2D eigenvalue weighted by Gasteiger charge is 2.31. The third kappa shape index (κ3) is 1.87. The molecule has 2 N–H and O–H groups in total. The number of carbonyl (C=O) groups is 1. The molecule has 0 spiro atoms. The van der Waals surface area contributed by atoms with E-state index in [0.29, 0.717) is 0 Å². The zero-order valence-electron chi connectivity index (χ0n) is 8.62. The summed E-state index contributed by atoms with van der Waals surface area (Å²) in [5.74, 6) is -1.00. The van der Waals surface area contributed by atoms with Crippen molar-refractivity contribution in [3.05, 3.63) is 17.7 Å². The molecule has 0 amide bonds. The molecule has 1 aliphatic rings. The predicted octanol–water partition coefficient (Wildman–Crippen LogP) is 1.18. The molecule has 5 heteroatoms. The maximum absolute atomic E-state index is 10.7. The number of nitrogens with one attached hydrogen (secondary N) is 1. The maximum atomic E-state index is 10.7. The Labute approximate surface area is 87.5 Å². The van der Waals surface area contributed by atoms with E-state index >= 15 is 0 Å². The van der Waals surface area contributed by atoms with Crippen LogP contribution < -0.4 is 0 Å². The first-order valence-corrected chi connectivity index (χ1v) is 4.98. The normalized spacial score (nSPS) is 20.1. The number of imidazole rings is 1. The van der Waals surface area contributed by atoms with Gasteiger partial charge in [-0.15, -0.1) is 0 Å². The van der Waals surface area contributed by atoms with Crippen LogP contribution in [0.1, 0.15) is 36.1 Å². The minimum Gasteiger partial charge on any atom is -0.475 e. The lowest BCUT2D eigenvalue weighted by atomic mass is 9.80. The second-order valence-electron chi connectivity index (χ2n) is 4.12. The fraction of sp³-hybridized carbons (Fsp3) is 0.600. The van der Waals surface area contributed by atoms with Crippen molar-refractivity contribution < 1.29 is 14.6 Å². The Hall–Kier alpha value is -1.36. The molecule has 1 saturated heterocycles. The highest BCUT2D eigenvalue weighted by Crippen LogP contribution is 2.32. The van der Waals surface area contributed by atoms with Crippen LogP contribution in [0.4, 0.5) is 0 Å². The molecular formula is C10H14N2O3. The Morgan fingerprint density at radius 1 is 1.60 bits per heavy atom. The van der Waals surface area contributed by atoms with Crippen LogP contribution in [0, 0.1) is 0 Å². The van der Waals surface area contributed by atoms with Gasteiger partial charge in [-0.2, -0.15) is 0 Å². The number of hydrogen-bond donors (Lipinski definition) is 2. The van der Waals surface area contributed by atoms with Crippen LogP contribution in [-0.2, 0) is 10.2 Å². The number of H-pyrrole nitrogens is 1. The quantitative estimate of drug-likeness (QED) is 0.768. The zero-order chi connectivity index (χ0) is 10.9. The van der Waals surface area contributed by atoms with Gasteiger partial charge in [0, 0.05) is 30.5 Å². The van der Waals surface area contributed by atoms with Crippen molar-refractivity contribution in [3.63, 3.8) is 0 Å². The standard InChI is InChI=1S/C10H14N2O3/c1-10(2-4-15-5-3-10)7-6-11-8(12-7)9(13)14/h6H,2-5H2,1H3,(H,11,12)(H,13,14). The van der Waals surface area contributed by atoms with E-state index in [1.165, 1.54) is 0 Å². The first kappa shape index (κ1) is 10.2. The molecule has 0 radical (unpaired) electrons. The van der Waals surface area contributed by atoms with Crippen molar-refractivity contribution in [1.82, 2.24) is 9.97 Å². The molecule has 0 bridgehead atoms. The number of aromatic carboxylic acids is 1. The number of nitrogens with zero attached hydrogens (tertiary/aromatic N) is 1. The molecule has 0 aromatic carbocycles. The van der Waals surface area contributed by atoms with E-state index < -0.39 is 5.97 Å². The van der Waals surface area contributed by atoms with Crippen LogP contribution >= 0.6 is 0 Å². The molecule has 2 heterocycles. The summed E-state index contributed by atoms with van der Waals surface area (Å²) in [5, 5.41) is 8.76.